The third-order valence-electron chi connectivity index (χ3n) is 4.44. The van der Waals surface area contributed by atoms with Gasteiger partial charge in [-0.15, -0.1) is 0 Å². The Morgan fingerprint density at radius 1 is 1.21 bits per heavy atom. The lowest BCUT2D eigenvalue weighted by molar-refractivity contribution is -0.384. The second-order valence-electron chi connectivity index (χ2n) is 7.78. The maximum absolute atomic E-state index is 13.4. The van der Waals surface area contributed by atoms with E-state index in [9.17, 15) is 28.1 Å². The Labute approximate surface area is 161 Å². The number of carbonyl (C=O) groups excluding carboxylic acids is 1. The molecule has 1 aliphatic heterocycles. The number of ether oxygens (including phenoxy) is 1. The molecule has 10 heteroatoms. The van der Waals surface area contributed by atoms with Crippen LogP contribution in [-0.4, -0.2) is 35.2 Å². The molecule has 1 aromatic carbocycles. The van der Waals surface area contributed by atoms with Gasteiger partial charge >= 0.3 is 12.3 Å². The summed E-state index contributed by atoms with van der Waals surface area (Å²) in [6, 6.07) is 2.70. The number of benzene rings is 1. The lowest BCUT2D eigenvalue weighted by Gasteiger charge is -2.35. The maximum Gasteiger partial charge on any atom is 0.418 e. The summed E-state index contributed by atoms with van der Waals surface area (Å²) >= 11 is 0. The van der Waals surface area contributed by atoms with Crippen molar-refractivity contribution in [3.05, 3.63) is 33.9 Å². The minimum absolute atomic E-state index is 0.509. The maximum atomic E-state index is 13.4. The van der Waals surface area contributed by atoms with Crippen molar-refractivity contribution in [3.63, 3.8) is 0 Å². The van der Waals surface area contributed by atoms with Crippen LogP contribution >= 0.6 is 0 Å². The number of hydrogen-bond donors (Lipinski definition) is 1. The minimum Gasteiger partial charge on any atom is -0.425 e. The highest BCUT2D eigenvalue weighted by molar-refractivity contribution is 5.70. The van der Waals surface area contributed by atoms with E-state index >= 15 is 0 Å². The summed E-state index contributed by atoms with van der Waals surface area (Å²) in [5.74, 6) is 0. The Morgan fingerprint density at radius 3 is 2.32 bits per heavy atom. The molecule has 7 nitrogen and oxygen atoms in total. The molecule has 0 radical (unpaired) electrons. The third kappa shape index (κ3) is 5.26. The van der Waals surface area contributed by atoms with E-state index in [0.29, 0.717) is 13.1 Å². The first-order chi connectivity index (χ1) is 12.9. The first-order valence-electron chi connectivity index (χ1n) is 8.98. The van der Waals surface area contributed by atoms with Gasteiger partial charge in [0.25, 0.3) is 5.69 Å². The van der Waals surface area contributed by atoms with Gasteiger partial charge in [0, 0.05) is 24.6 Å². The van der Waals surface area contributed by atoms with Crippen molar-refractivity contribution < 1.29 is 27.6 Å². The Morgan fingerprint density at radius 2 is 1.82 bits per heavy atom. The number of amides is 1. The van der Waals surface area contributed by atoms with Crippen LogP contribution in [0.5, 0.6) is 0 Å². The fourth-order valence-corrected chi connectivity index (χ4v) is 2.89. The van der Waals surface area contributed by atoms with Crippen LogP contribution in [0.15, 0.2) is 18.2 Å². The Bertz CT molecular complexity index is 726. The fraction of sp³-hybridized carbons (Fsp3) is 0.611. The van der Waals surface area contributed by atoms with Crippen molar-refractivity contribution in [2.45, 2.75) is 52.4 Å². The van der Waals surface area contributed by atoms with Crippen LogP contribution in [0.25, 0.3) is 0 Å². The van der Waals surface area contributed by atoms with Gasteiger partial charge in [-0.3, -0.25) is 10.1 Å². The van der Waals surface area contributed by atoms with Crippen LogP contribution in [0.2, 0.25) is 0 Å². The lowest BCUT2D eigenvalue weighted by Crippen LogP contribution is -2.44. The predicted molar refractivity (Wildman–Crippen MR) is 96.9 cm³/mol. The summed E-state index contributed by atoms with van der Waals surface area (Å²) in [7, 11) is 0. The van der Waals surface area contributed by atoms with Gasteiger partial charge < -0.3 is 15.0 Å². The topological polar surface area (TPSA) is 84.7 Å². The largest absolute Gasteiger partial charge is 0.425 e. The van der Waals surface area contributed by atoms with Crippen LogP contribution < -0.4 is 5.32 Å². The number of nitrogens with zero attached hydrogens (tertiary/aromatic N) is 2. The van der Waals surface area contributed by atoms with E-state index in [1.54, 1.807) is 20.8 Å². The van der Waals surface area contributed by atoms with E-state index in [1.807, 2.05) is 0 Å². The summed E-state index contributed by atoms with van der Waals surface area (Å²) in [5, 5.41) is 13.8. The van der Waals surface area contributed by atoms with E-state index in [-0.39, 0.29) is 0 Å². The number of nitrogens with one attached hydrogen (secondary N) is 1. The number of para-hydroxylation sites is 1. The summed E-state index contributed by atoms with van der Waals surface area (Å²) in [4.78, 5) is 24.3. The number of nitro benzene ring substituents is 1. The van der Waals surface area contributed by atoms with Crippen molar-refractivity contribution in [3.8, 4) is 0 Å². The Hall–Kier alpha value is -2.52. The minimum atomic E-state index is -4.81. The molecule has 0 aromatic heterocycles. The molecular weight excluding hydrogens is 379 g/mol. The second kappa shape index (κ2) is 8.24. The van der Waals surface area contributed by atoms with Gasteiger partial charge in [0.05, 0.1) is 10.5 Å². The SMILES string of the molecule is CC(C)(C)C(Nc1c([N+](=O)[O-])cccc1C(F)(F)F)OC(=O)N1CCCCC1. The molecule has 156 valence electrons. The van der Waals surface area contributed by atoms with E-state index in [4.69, 9.17) is 4.74 Å². The quantitative estimate of drug-likeness (QED) is 0.433. The Balaban J connectivity index is 2.37. The standard InChI is InChI=1S/C18H24F3N3O4/c1-17(2,3)15(28-16(25)23-10-5-4-6-11-23)22-14-12(18(19,20)21)8-7-9-13(14)24(26)27/h7-9,15,22H,4-6,10-11H2,1-3H3. The Kier molecular flexibility index (Phi) is 6.41. The molecule has 1 heterocycles. The van der Waals surface area contributed by atoms with E-state index in [1.165, 1.54) is 4.90 Å². The van der Waals surface area contributed by atoms with Crippen LogP contribution in [0.4, 0.5) is 29.3 Å². The van der Waals surface area contributed by atoms with Crippen LogP contribution in [0, 0.1) is 15.5 Å². The normalized spacial score (nSPS) is 16.4. The number of carbonyl (C=O) groups is 1. The van der Waals surface area contributed by atoms with Crippen LogP contribution in [0.1, 0.15) is 45.6 Å². The average Bonchev–Trinajstić information content (AvgIpc) is 2.60. The van der Waals surface area contributed by atoms with Crippen molar-refractivity contribution in [1.82, 2.24) is 4.90 Å². The molecular formula is C18H24F3N3O4. The molecule has 0 spiro atoms. The highest BCUT2D eigenvalue weighted by Gasteiger charge is 2.40. The highest BCUT2D eigenvalue weighted by atomic mass is 19.4. The fourth-order valence-electron chi connectivity index (χ4n) is 2.89. The molecule has 1 amide bonds. The smallest absolute Gasteiger partial charge is 0.418 e. The average molecular weight is 403 g/mol. The monoisotopic (exact) mass is 403 g/mol. The molecule has 2 rings (SSSR count). The highest BCUT2D eigenvalue weighted by Crippen LogP contribution is 2.41. The van der Waals surface area contributed by atoms with Gasteiger partial charge in [-0.1, -0.05) is 26.8 Å². The number of rotatable bonds is 4. The summed E-state index contributed by atoms with van der Waals surface area (Å²) < 4.78 is 45.7. The van der Waals surface area contributed by atoms with E-state index in [2.05, 4.69) is 5.32 Å². The first-order valence-corrected chi connectivity index (χ1v) is 8.98. The van der Waals surface area contributed by atoms with Crippen molar-refractivity contribution in [2.24, 2.45) is 5.41 Å². The zero-order valence-electron chi connectivity index (χ0n) is 16.0. The number of hydrogen-bond acceptors (Lipinski definition) is 5. The number of piperidine rings is 1. The van der Waals surface area contributed by atoms with Gasteiger partial charge in [-0.25, -0.2) is 4.79 Å². The number of likely N-dealkylation sites (tertiary alicyclic amines) is 1. The lowest BCUT2D eigenvalue weighted by atomic mass is 9.93. The number of anilines is 1. The van der Waals surface area contributed by atoms with E-state index in [0.717, 1.165) is 37.5 Å². The summed E-state index contributed by atoms with van der Waals surface area (Å²) in [6.07, 6.45) is -4.02. The van der Waals surface area contributed by atoms with Crippen molar-refractivity contribution in [2.75, 3.05) is 18.4 Å². The summed E-state index contributed by atoms with van der Waals surface area (Å²) in [5.41, 5.74) is -3.47. The number of alkyl halides is 3. The second-order valence-corrected chi connectivity index (χ2v) is 7.78. The summed E-state index contributed by atoms with van der Waals surface area (Å²) in [6.45, 7) is 6.01. The molecule has 28 heavy (non-hydrogen) atoms. The molecule has 1 unspecified atom stereocenters. The predicted octanol–water partition coefficient (Wildman–Crippen LogP) is 5.02. The zero-order chi connectivity index (χ0) is 21.1. The molecule has 1 atom stereocenters. The van der Waals surface area contributed by atoms with Crippen molar-refractivity contribution in [1.29, 1.82) is 0 Å². The molecule has 1 saturated heterocycles. The first kappa shape index (κ1) is 21.8. The van der Waals surface area contributed by atoms with Gasteiger partial charge in [0.2, 0.25) is 0 Å². The van der Waals surface area contributed by atoms with E-state index < -0.39 is 45.8 Å². The van der Waals surface area contributed by atoms with Crippen LogP contribution in [0.3, 0.4) is 0 Å². The third-order valence-corrected chi connectivity index (χ3v) is 4.44. The molecule has 1 fully saturated rings. The van der Waals surface area contributed by atoms with Gasteiger partial charge in [-0.2, -0.15) is 13.2 Å². The van der Waals surface area contributed by atoms with Gasteiger partial charge in [0.1, 0.15) is 5.69 Å². The van der Waals surface area contributed by atoms with Crippen LogP contribution in [-0.2, 0) is 10.9 Å². The molecule has 0 bridgehead atoms. The van der Waals surface area contributed by atoms with Gasteiger partial charge in [-0.05, 0) is 25.3 Å². The molecule has 1 N–H and O–H groups in total. The molecule has 0 saturated carbocycles. The number of nitro groups is 1. The number of halogens is 3. The molecule has 1 aromatic rings. The zero-order valence-corrected chi connectivity index (χ0v) is 16.0. The van der Waals surface area contributed by atoms with Crippen molar-refractivity contribution >= 4 is 17.5 Å². The van der Waals surface area contributed by atoms with Gasteiger partial charge in [0.15, 0.2) is 6.23 Å². The molecule has 0 aliphatic carbocycles. The molecule has 1 aliphatic rings.